The highest BCUT2D eigenvalue weighted by Gasteiger charge is 2.22. The number of rotatable bonds is 4. The molecule has 84 valence electrons. The second kappa shape index (κ2) is 5.05. The van der Waals surface area contributed by atoms with Crippen LogP contribution in [0, 0.1) is 0 Å². The van der Waals surface area contributed by atoms with E-state index in [1.54, 1.807) is 11.3 Å². The lowest BCUT2D eigenvalue weighted by Gasteiger charge is -2.06. The van der Waals surface area contributed by atoms with Crippen LogP contribution in [0.3, 0.4) is 0 Å². The summed E-state index contributed by atoms with van der Waals surface area (Å²) in [6, 6.07) is 0. The van der Waals surface area contributed by atoms with Gasteiger partial charge < -0.3 is 10.6 Å². The third kappa shape index (κ3) is 2.77. The minimum Gasteiger partial charge on any atom is -0.330 e. The summed E-state index contributed by atoms with van der Waals surface area (Å²) >= 11 is 1.79. The Labute approximate surface area is 95.3 Å². The Hall–Kier alpha value is -0.450. The molecule has 1 aromatic rings. The Balaban J connectivity index is 1.94. The van der Waals surface area contributed by atoms with Crippen molar-refractivity contribution in [2.75, 3.05) is 26.7 Å². The Bertz CT molecular complexity index is 311. The van der Waals surface area contributed by atoms with Gasteiger partial charge in [-0.05, 0) is 33.0 Å². The first-order valence-corrected chi connectivity index (χ1v) is 6.50. The van der Waals surface area contributed by atoms with Crippen LogP contribution in [0.15, 0.2) is 5.38 Å². The largest absolute Gasteiger partial charge is 0.330 e. The van der Waals surface area contributed by atoms with Crippen LogP contribution in [-0.2, 0) is 6.42 Å². The van der Waals surface area contributed by atoms with Crippen LogP contribution in [0.5, 0.6) is 0 Å². The predicted octanol–water partition coefficient (Wildman–Crippen LogP) is 1.45. The number of nitrogens with zero attached hydrogens (tertiary/aromatic N) is 2. The molecule has 0 bridgehead atoms. The third-order valence-corrected chi connectivity index (χ3v) is 3.90. The normalized spacial score (nSPS) is 22.4. The summed E-state index contributed by atoms with van der Waals surface area (Å²) in [7, 11) is 2.18. The molecule has 0 radical (unpaired) electrons. The SMILES string of the molecule is CN1CCC(c2csc(CCCN)n2)C1. The van der Waals surface area contributed by atoms with Gasteiger partial charge >= 0.3 is 0 Å². The first kappa shape index (κ1) is 11.0. The lowest BCUT2D eigenvalue weighted by atomic mass is 10.1. The standard InChI is InChI=1S/C11H19N3S/c1-14-6-4-9(7-14)10-8-15-11(13-10)3-2-5-12/h8-9H,2-7,12H2,1H3. The molecule has 2 N–H and O–H groups in total. The summed E-state index contributed by atoms with van der Waals surface area (Å²) < 4.78 is 0. The lowest BCUT2D eigenvalue weighted by Crippen LogP contribution is -2.13. The zero-order valence-electron chi connectivity index (χ0n) is 9.28. The number of thiazole rings is 1. The molecule has 0 aromatic carbocycles. The number of likely N-dealkylation sites (tertiary alicyclic amines) is 1. The molecule has 0 aliphatic carbocycles. The Morgan fingerprint density at radius 3 is 3.20 bits per heavy atom. The van der Waals surface area contributed by atoms with E-state index in [-0.39, 0.29) is 0 Å². The van der Waals surface area contributed by atoms with E-state index in [2.05, 4.69) is 17.3 Å². The zero-order chi connectivity index (χ0) is 10.7. The molecule has 1 saturated heterocycles. The fourth-order valence-corrected chi connectivity index (χ4v) is 2.98. The van der Waals surface area contributed by atoms with Gasteiger partial charge in [0.1, 0.15) is 0 Å². The summed E-state index contributed by atoms with van der Waals surface area (Å²) in [6.07, 6.45) is 3.36. The molecule has 2 rings (SSSR count). The average molecular weight is 225 g/mol. The van der Waals surface area contributed by atoms with E-state index < -0.39 is 0 Å². The van der Waals surface area contributed by atoms with Crippen LogP contribution < -0.4 is 5.73 Å². The Morgan fingerprint density at radius 1 is 1.67 bits per heavy atom. The predicted molar refractivity (Wildman–Crippen MR) is 64.3 cm³/mol. The van der Waals surface area contributed by atoms with Crippen molar-refractivity contribution in [2.24, 2.45) is 5.73 Å². The Kier molecular flexibility index (Phi) is 3.72. The maximum atomic E-state index is 5.49. The minimum absolute atomic E-state index is 0.665. The van der Waals surface area contributed by atoms with E-state index in [1.165, 1.54) is 30.2 Å². The highest BCUT2D eigenvalue weighted by atomic mass is 32.1. The molecule has 1 aromatic heterocycles. The maximum Gasteiger partial charge on any atom is 0.0928 e. The number of hydrogen-bond donors (Lipinski definition) is 1. The fourth-order valence-electron chi connectivity index (χ4n) is 2.06. The van der Waals surface area contributed by atoms with Crippen LogP contribution in [0.2, 0.25) is 0 Å². The van der Waals surface area contributed by atoms with Crippen LogP contribution in [0.4, 0.5) is 0 Å². The quantitative estimate of drug-likeness (QED) is 0.843. The van der Waals surface area contributed by atoms with Crippen LogP contribution in [0.25, 0.3) is 0 Å². The topological polar surface area (TPSA) is 42.1 Å². The van der Waals surface area contributed by atoms with Gasteiger partial charge in [-0.25, -0.2) is 4.98 Å². The minimum atomic E-state index is 0.665. The molecule has 1 fully saturated rings. The molecular formula is C11H19N3S. The number of aryl methyl sites for hydroxylation is 1. The van der Waals surface area contributed by atoms with Crippen LogP contribution >= 0.6 is 11.3 Å². The molecular weight excluding hydrogens is 206 g/mol. The van der Waals surface area contributed by atoms with Crippen molar-refractivity contribution >= 4 is 11.3 Å². The van der Waals surface area contributed by atoms with Gasteiger partial charge in [-0.2, -0.15) is 0 Å². The molecule has 0 saturated carbocycles. The molecule has 3 nitrogen and oxygen atoms in total. The number of hydrogen-bond acceptors (Lipinski definition) is 4. The molecule has 0 spiro atoms. The van der Waals surface area contributed by atoms with Gasteiger partial charge in [0.15, 0.2) is 0 Å². The van der Waals surface area contributed by atoms with E-state index in [9.17, 15) is 0 Å². The fraction of sp³-hybridized carbons (Fsp3) is 0.727. The lowest BCUT2D eigenvalue weighted by molar-refractivity contribution is 0.411. The van der Waals surface area contributed by atoms with E-state index in [4.69, 9.17) is 10.7 Å². The molecule has 2 heterocycles. The molecule has 1 unspecified atom stereocenters. The molecule has 1 aliphatic heterocycles. The van der Waals surface area contributed by atoms with Crippen LogP contribution in [-0.4, -0.2) is 36.6 Å². The number of likely N-dealkylation sites (N-methyl/N-ethyl adjacent to an activating group) is 1. The van der Waals surface area contributed by atoms with Gasteiger partial charge in [0.2, 0.25) is 0 Å². The highest BCUT2D eigenvalue weighted by Crippen LogP contribution is 2.27. The van der Waals surface area contributed by atoms with Crippen molar-refractivity contribution in [2.45, 2.75) is 25.2 Å². The first-order valence-electron chi connectivity index (χ1n) is 5.62. The summed E-state index contributed by atoms with van der Waals surface area (Å²) in [6.45, 7) is 3.14. The van der Waals surface area contributed by atoms with E-state index in [0.717, 1.165) is 19.4 Å². The second-order valence-electron chi connectivity index (χ2n) is 4.31. The van der Waals surface area contributed by atoms with Crippen molar-refractivity contribution in [3.63, 3.8) is 0 Å². The van der Waals surface area contributed by atoms with Gasteiger partial charge in [-0.1, -0.05) is 0 Å². The van der Waals surface area contributed by atoms with Gasteiger partial charge in [0.05, 0.1) is 10.7 Å². The molecule has 4 heteroatoms. The number of nitrogens with two attached hydrogens (primary N) is 1. The maximum absolute atomic E-state index is 5.49. The van der Waals surface area contributed by atoms with Crippen molar-refractivity contribution < 1.29 is 0 Å². The van der Waals surface area contributed by atoms with Crippen molar-refractivity contribution in [3.8, 4) is 0 Å². The van der Waals surface area contributed by atoms with Gasteiger partial charge in [-0.15, -0.1) is 11.3 Å². The number of aromatic nitrogens is 1. The third-order valence-electron chi connectivity index (χ3n) is 2.97. The smallest absolute Gasteiger partial charge is 0.0928 e. The van der Waals surface area contributed by atoms with Crippen LogP contribution in [0.1, 0.15) is 29.5 Å². The highest BCUT2D eigenvalue weighted by molar-refractivity contribution is 7.09. The monoisotopic (exact) mass is 225 g/mol. The van der Waals surface area contributed by atoms with Gasteiger partial charge in [-0.3, -0.25) is 0 Å². The summed E-state index contributed by atoms with van der Waals surface area (Å²) in [5.41, 5.74) is 6.80. The van der Waals surface area contributed by atoms with Crippen molar-refractivity contribution in [1.82, 2.24) is 9.88 Å². The summed E-state index contributed by atoms with van der Waals surface area (Å²) in [4.78, 5) is 7.08. The second-order valence-corrected chi connectivity index (χ2v) is 5.25. The van der Waals surface area contributed by atoms with Crippen molar-refractivity contribution in [3.05, 3.63) is 16.1 Å². The molecule has 15 heavy (non-hydrogen) atoms. The van der Waals surface area contributed by atoms with Gasteiger partial charge in [0.25, 0.3) is 0 Å². The molecule has 1 atom stereocenters. The van der Waals surface area contributed by atoms with E-state index >= 15 is 0 Å². The molecule has 1 aliphatic rings. The zero-order valence-corrected chi connectivity index (χ0v) is 10.1. The average Bonchev–Trinajstić information content (AvgIpc) is 2.83. The van der Waals surface area contributed by atoms with E-state index in [1.807, 2.05) is 0 Å². The summed E-state index contributed by atoms with van der Waals surface area (Å²) in [5.74, 6) is 0.665. The van der Waals surface area contributed by atoms with E-state index in [0.29, 0.717) is 5.92 Å². The Morgan fingerprint density at radius 2 is 2.53 bits per heavy atom. The molecule has 0 amide bonds. The van der Waals surface area contributed by atoms with Crippen molar-refractivity contribution in [1.29, 1.82) is 0 Å². The first-order chi connectivity index (χ1) is 7.29. The van der Waals surface area contributed by atoms with Gasteiger partial charge in [0, 0.05) is 24.3 Å². The summed E-state index contributed by atoms with van der Waals surface area (Å²) in [5, 5.41) is 3.49.